The van der Waals surface area contributed by atoms with E-state index in [1.165, 1.54) is 327 Å². The second-order valence-electron chi connectivity index (χ2n) is 25.9. The van der Waals surface area contributed by atoms with Crippen LogP contribution in [0.4, 0.5) is 0 Å². The molecule has 0 N–H and O–H groups in total. The number of carbonyl (C=O) groups excluding carboxylic acids is 3. The summed E-state index contributed by atoms with van der Waals surface area (Å²) in [6, 6.07) is 0. The summed E-state index contributed by atoms with van der Waals surface area (Å²) >= 11 is 0. The Morgan fingerprint density at radius 1 is 0.241 bits per heavy atom. The van der Waals surface area contributed by atoms with Gasteiger partial charge in [0.15, 0.2) is 6.10 Å². The van der Waals surface area contributed by atoms with Crippen molar-refractivity contribution in [2.24, 2.45) is 0 Å². The molecular formula is C77H146O6. The summed E-state index contributed by atoms with van der Waals surface area (Å²) in [4.78, 5) is 38.6. The highest BCUT2D eigenvalue weighted by Gasteiger charge is 2.20. The highest BCUT2D eigenvalue weighted by molar-refractivity contribution is 5.71. The van der Waals surface area contributed by atoms with Gasteiger partial charge in [0.05, 0.1) is 0 Å². The van der Waals surface area contributed by atoms with E-state index in [1.54, 1.807) is 0 Å². The zero-order valence-corrected chi connectivity index (χ0v) is 56.5. The maximum atomic E-state index is 13.0. The summed E-state index contributed by atoms with van der Waals surface area (Å²) < 4.78 is 17.1. The molecule has 0 aromatic rings. The van der Waals surface area contributed by atoms with Gasteiger partial charge in [0.25, 0.3) is 0 Å². The minimum Gasteiger partial charge on any atom is -0.462 e. The van der Waals surface area contributed by atoms with Gasteiger partial charge in [0.1, 0.15) is 13.2 Å². The summed E-state index contributed by atoms with van der Waals surface area (Å²) in [7, 11) is 0. The first-order valence-electron chi connectivity index (χ1n) is 37.8. The molecule has 0 aromatic carbocycles. The number of rotatable bonds is 71. The first-order chi connectivity index (χ1) is 41.0. The second kappa shape index (κ2) is 72.4. The van der Waals surface area contributed by atoms with E-state index in [9.17, 15) is 14.4 Å². The van der Waals surface area contributed by atoms with Gasteiger partial charge in [-0.3, -0.25) is 14.4 Å². The lowest BCUT2D eigenvalue weighted by Gasteiger charge is -2.18. The molecule has 0 bridgehead atoms. The maximum absolute atomic E-state index is 13.0. The lowest BCUT2D eigenvalue weighted by molar-refractivity contribution is -0.167. The van der Waals surface area contributed by atoms with Crippen molar-refractivity contribution in [3.63, 3.8) is 0 Å². The third-order valence-electron chi connectivity index (χ3n) is 17.5. The summed E-state index contributed by atoms with van der Waals surface area (Å²) in [6.07, 6.45) is 89.3. The Hall–Kier alpha value is -2.11. The average molecular weight is 1170 g/mol. The van der Waals surface area contributed by atoms with Gasteiger partial charge in [-0.2, -0.15) is 0 Å². The number of ether oxygens (including phenoxy) is 3. The van der Waals surface area contributed by atoms with E-state index in [0.717, 1.165) is 64.2 Å². The Morgan fingerprint density at radius 3 is 0.687 bits per heavy atom. The van der Waals surface area contributed by atoms with Crippen molar-refractivity contribution in [1.82, 2.24) is 0 Å². The molecule has 490 valence electrons. The molecule has 0 amide bonds. The Balaban J connectivity index is 4.26. The van der Waals surface area contributed by atoms with Crippen molar-refractivity contribution in [2.45, 2.75) is 438 Å². The fraction of sp³-hybridized carbons (Fsp3) is 0.909. The summed E-state index contributed by atoms with van der Waals surface area (Å²) in [5, 5.41) is 0. The first-order valence-corrected chi connectivity index (χ1v) is 37.8. The van der Waals surface area contributed by atoms with Gasteiger partial charge in [-0.05, 0) is 51.4 Å². The SMILES string of the molecule is CCCCC/C=C\C/C=C\CCCCCCCCCCCC(=O)OCC(COC(=O)CCCCCCCCCCCCCCCCCCCCCCCCCCCC)OC(=O)CCCCCCCCCCCCCCCCCCCCCC. The number of carbonyl (C=O) groups is 3. The molecule has 0 aliphatic carbocycles. The van der Waals surface area contributed by atoms with Crippen molar-refractivity contribution < 1.29 is 28.6 Å². The minimum absolute atomic E-state index is 0.0653. The van der Waals surface area contributed by atoms with Gasteiger partial charge in [0, 0.05) is 19.3 Å². The Morgan fingerprint density at radius 2 is 0.434 bits per heavy atom. The van der Waals surface area contributed by atoms with Crippen LogP contribution in [0.3, 0.4) is 0 Å². The quantitative estimate of drug-likeness (QED) is 0.0261. The Labute approximate surface area is 519 Å². The van der Waals surface area contributed by atoms with Crippen LogP contribution in [-0.2, 0) is 28.6 Å². The number of unbranched alkanes of at least 4 members (excludes halogenated alkanes) is 56. The number of allylic oxidation sites excluding steroid dienone is 4. The van der Waals surface area contributed by atoms with E-state index < -0.39 is 6.10 Å². The largest absolute Gasteiger partial charge is 0.462 e. The van der Waals surface area contributed by atoms with Crippen LogP contribution in [0.2, 0.25) is 0 Å². The molecule has 6 heteroatoms. The van der Waals surface area contributed by atoms with E-state index in [4.69, 9.17) is 14.2 Å². The third kappa shape index (κ3) is 70.5. The lowest BCUT2D eigenvalue weighted by atomic mass is 10.0. The van der Waals surface area contributed by atoms with E-state index in [1.807, 2.05) is 0 Å². The van der Waals surface area contributed by atoms with Crippen molar-refractivity contribution in [1.29, 1.82) is 0 Å². The van der Waals surface area contributed by atoms with Gasteiger partial charge in [-0.15, -0.1) is 0 Å². The number of esters is 3. The molecule has 0 aliphatic heterocycles. The lowest BCUT2D eigenvalue weighted by Crippen LogP contribution is -2.30. The Bertz CT molecular complexity index is 1340. The van der Waals surface area contributed by atoms with Crippen molar-refractivity contribution in [3.8, 4) is 0 Å². The van der Waals surface area contributed by atoms with Gasteiger partial charge in [-0.1, -0.05) is 385 Å². The van der Waals surface area contributed by atoms with Crippen LogP contribution >= 0.6 is 0 Å². The predicted octanol–water partition coefficient (Wildman–Crippen LogP) is 26.1. The molecular weight excluding hydrogens is 1020 g/mol. The standard InChI is InChI=1S/C77H146O6/c1-4-7-10-13-16-19-22-25-28-31-34-36-37-38-39-40-41-44-46-49-52-55-58-61-64-67-70-76(79)82-73-74(72-81-75(78)69-66-63-60-57-54-51-48-45-42-33-30-27-24-21-18-15-12-9-6-3)83-77(80)71-68-65-62-59-56-53-50-47-43-35-32-29-26-23-20-17-14-11-8-5-2/h18,21,27,30,74H,4-17,19-20,22-26,28-29,31-73H2,1-3H3/b21-18-,30-27-. The normalized spacial score (nSPS) is 12.1. The average Bonchev–Trinajstić information content (AvgIpc) is 3.49. The van der Waals surface area contributed by atoms with E-state index in [2.05, 4.69) is 45.1 Å². The molecule has 0 heterocycles. The van der Waals surface area contributed by atoms with Crippen LogP contribution in [-0.4, -0.2) is 37.2 Å². The third-order valence-corrected chi connectivity index (χ3v) is 17.5. The summed E-state index contributed by atoms with van der Waals surface area (Å²) in [5.41, 5.74) is 0. The van der Waals surface area contributed by atoms with Crippen LogP contribution in [0.15, 0.2) is 24.3 Å². The van der Waals surface area contributed by atoms with Gasteiger partial charge < -0.3 is 14.2 Å². The predicted molar refractivity (Wildman–Crippen MR) is 363 cm³/mol. The Kier molecular flexibility index (Phi) is 70.5. The maximum Gasteiger partial charge on any atom is 0.306 e. The van der Waals surface area contributed by atoms with Crippen LogP contribution in [0.1, 0.15) is 432 Å². The molecule has 83 heavy (non-hydrogen) atoms. The van der Waals surface area contributed by atoms with Crippen molar-refractivity contribution >= 4 is 17.9 Å². The zero-order chi connectivity index (χ0) is 59.9. The highest BCUT2D eigenvalue weighted by Crippen LogP contribution is 2.20. The molecule has 0 saturated heterocycles. The van der Waals surface area contributed by atoms with Gasteiger partial charge in [0.2, 0.25) is 0 Å². The fourth-order valence-corrected chi connectivity index (χ4v) is 11.8. The monoisotopic (exact) mass is 1170 g/mol. The smallest absolute Gasteiger partial charge is 0.306 e. The summed E-state index contributed by atoms with van der Waals surface area (Å²) in [5.74, 6) is -0.831. The fourth-order valence-electron chi connectivity index (χ4n) is 11.8. The molecule has 0 spiro atoms. The molecule has 1 unspecified atom stereocenters. The van der Waals surface area contributed by atoms with Crippen LogP contribution in [0, 0.1) is 0 Å². The molecule has 1 atom stereocenters. The second-order valence-corrected chi connectivity index (χ2v) is 25.9. The van der Waals surface area contributed by atoms with Crippen LogP contribution < -0.4 is 0 Å². The molecule has 0 aliphatic rings. The van der Waals surface area contributed by atoms with Gasteiger partial charge in [-0.25, -0.2) is 0 Å². The number of hydrogen-bond donors (Lipinski definition) is 0. The van der Waals surface area contributed by atoms with E-state index >= 15 is 0 Å². The molecule has 0 aromatic heterocycles. The molecule has 6 nitrogen and oxygen atoms in total. The molecule has 0 fully saturated rings. The molecule has 0 radical (unpaired) electrons. The molecule has 0 saturated carbocycles. The summed E-state index contributed by atoms with van der Waals surface area (Å²) in [6.45, 7) is 6.71. The van der Waals surface area contributed by atoms with E-state index in [0.29, 0.717) is 19.3 Å². The minimum atomic E-state index is -0.771. The topological polar surface area (TPSA) is 78.9 Å². The van der Waals surface area contributed by atoms with Gasteiger partial charge >= 0.3 is 17.9 Å². The van der Waals surface area contributed by atoms with Crippen LogP contribution in [0.25, 0.3) is 0 Å². The van der Waals surface area contributed by atoms with Crippen molar-refractivity contribution in [2.75, 3.05) is 13.2 Å². The van der Waals surface area contributed by atoms with Crippen molar-refractivity contribution in [3.05, 3.63) is 24.3 Å². The van der Waals surface area contributed by atoms with Crippen LogP contribution in [0.5, 0.6) is 0 Å². The number of hydrogen-bond acceptors (Lipinski definition) is 6. The first kappa shape index (κ1) is 80.9. The highest BCUT2D eigenvalue weighted by atomic mass is 16.6. The molecule has 0 rings (SSSR count). The zero-order valence-electron chi connectivity index (χ0n) is 56.5. The van der Waals surface area contributed by atoms with E-state index in [-0.39, 0.29) is 31.1 Å².